The number of hydrogen-bond donors (Lipinski definition) is 3. The highest BCUT2D eigenvalue weighted by Gasteiger charge is 2.50. The SMILES string of the molecule is O=C(O)/C=C\C(=O)O.c1c(OCCNC23CC4CC(CC(C4)C2)C3)nn2c1CCCC2. The third-order valence-corrected chi connectivity index (χ3v) is 7.15. The summed E-state index contributed by atoms with van der Waals surface area (Å²) in [4.78, 5) is 19.1. The first kappa shape index (κ1) is 21.9. The van der Waals surface area contributed by atoms with Crippen LogP contribution in [0.1, 0.15) is 57.1 Å². The Morgan fingerprint density at radius 2 is 1.71 bits per heavy atom. The van der Waals surface area contributed by atoms with Gasteiger partial charge in [-0.3, -0.25) is 4.68 Å². The zero-order valence-corrected chi connectivity index (χ0v) is 18.0. The van der Waals surface area contributed by atoms with Crippen LogP contribution < -0.4 is 10.1 Å². The predicted octanol–water partition coefficient (Wildman–Crippen LogP) is 2.87. The second kappa shape index (κ2) is 9.42. The van der Waals surface area contributed by atoms with Crippen molar-refractivity contribution in [1.82, 2.24) is 15.1 Å². The van der Waals surface area contributed by atoms with Gasteiger partial charge in [-0.2, -0.15) is 0 Å². The number of carbonyl (C=O) groups is 2. The highest BCUT2D eigenvalue weighted by atomic mass is 16.5. The van der Waals surface area contributed by atoms with Crippen LogP contribution in [0.5, 0.6) is 5.88 Å². The first-order valence-corrected chi connectivity index (χ1v) is 11.5. The molecule has 4 bridgehead atoms. The number of carboxylic acid groups (broad SMARTS) is 2. The molecule has 4 saturated carbocycles. The molecule has 1 aromatic rings. The van der Waals surface area contributed by atoms with Crippen molar-refractivity contribution in [2.24, 2.45) is 17.8 Å². The van der Waals surface area contributed by atoms with Crippen LogP contribution in [0.15, 0.2) is 18.2 Å². The molecule has 1 aromatic heterocycles. The van der Waals surface area contributed by atoms with E-state index in [1.165, 1.54) is 57.1 Å². The lowest BCUT2D eigenvalue weighted by Gasteiger charge is -2.57. The lowest BCUT2D eigenvalue weighted by Crippen LogP contribution is -2.59. The van der Waals surface area contributed by atoms with Gasteiger partial charge >= 0.3 is 11.9 Å². The first-order valence-electron chi connectivity index (χ1n) is 11.5. The second-order valence-corrected chi connectivity index (χ2v) is 9.64. The lowest BCUT2D eigenvalue weighted by atomic mass is 9.53. The molecule has 0 amide bonds. The highest BCUT2D eigenvalue weighted by Crippen LogP contribution is 2.55. The van der Waals surface area contributed by atoms with E-state index in [9.17, 15) is 9.59 Å². The summed E-state index contributed by atoms with van der Waals surface area (Å²) in [6.45, 7) is 2.77. The Kier molecular flexibility index (Phi) is 6.65. The van der Waals surface area contributed by atoms with E-state index < -0.39 is 11.9 Å². The topological polar surface area (TPSA) is 114 Å². The number of rotatable bonds is 7. The Balaban J connectivity index is 0.000000250. The van der Waals surface area contributed by atoms with Gasteiger partial charge in [-0.05, 0) is 75.5 Å². The molecule has 0 saturated heterocycles. The van der Waals surface area contributed by atoms with Crippen LogP contribution in [-0.4, -0.2) is 50.6 Å². The molecule has 1 aliphatic heterocycles. The van der Waals surface area contributed by atoms with Gasteiger partial charge in [-0.15, -0.1) is 5.10 Å². The minimum absolute atomic E-state index is 0.450. The number of aromatic nitrogens is 2. The van der Waals surface area contributed by atoms with Crippen molar-refractivity contribution in [2.45, 2.75) is 69.9 Å². The van der Waals surface area contributed by atoms with Gasteiger partial charge < -0.3 is 20.3 Å². The minimum atomic E-state index is -1.26. The van der Waals surface area contributed by atoms with Crippen molar-refractivity contribution >= 4 is 11.9 Å². The molecular weight excluding hydrogens is 398 g/mol. The molecule has 8 nitrogen and oxygen atoms in total. The molecule has 0 radical (unpaired) electrons. The molecule has 4 fully saturated rings. The molecule has 0 unspecified atom stereocenters. The normalized spacial score (nSPS) is 30.5. The molecule has 2 heterocycles. The van der Waals surface area contributed by atoms with Crippen molar-refractivity contribution < 1.29 is 24.5 Å². The molecule has 0 spiro atoms. The van der Waals surface area contributed by atoms with E-state index in [-0.39, 0.29) is 0 Å². The number of aryl methyl sites for hydroxylation is 2. The van der Waals surface area contributed by atoms with Crippen molar-refractivity contribution in [2.75, 3.05) is 13.2 Å². The van der Waals surface area contributed by atoms with Gasteiger partial charge in [0.1, 0.15) is 6.61 Å². The molecule has 3 N–H and O–H groups in total. The summed E-state index contributed by atoms with van der Waals surface area (Å²) in [7, 11) is 0. The van der Waals surface area contributed by atoms with E-state index in [2.05, 4.69) is 21.2 Å². The van der Waals surface area contributed by atoms with Crippen LogP contribution in [0.25, 0.3) is 0 Å². The van der Waals surface area contributed by atoms with Crippen molar-refractivity contribution in [3.05, 3.63) is 23.9 Å². The standard InChI is InChI=1S/C19H29N3O.C4H4O4/c1-2-5-22-17(3-1)10-18(21-22)23-6-4-20-19-11-14-7-15(12-19)9-16(8-14)13-19;5-3(6)1-2-4(7)8/h10,14-16,20H,1-9,11-13H2;1-2H,(H,5,6)(H,7,8)/b;2-1-. The number of nitrogens with zero attached hydrogens (tertiary/aromatic N) is 2. The molecule has 0 atom stereocenters. The number of nitrogens with one attached hydrogen (secondary N) is 1. The second-order valence-electron chi connectivity index (χ2n) is 9.64. The van der Waals surface area contributed by atoms with Gasteiger partial charge in [0.25, 0.3) is 0 Å². The van der Waals surface area contributed by atoms with Crippen LogP contribution in [0.3, 0.4) is 0 Å². The summed E-state index contributed by atoms with van der Waals surface area (Å²) in [5.74, 6) is 1.34. The predicted molar refractivity (Wildman–Crippen MR) is 114 cm³/mol. The molecule has 5 aliphatic rings. The molecule has 8 heteroatoms. The lowest BCUT2D eigenvalue weighted by molar-refractivity contribution is -0.134. The fourth-order valence-electron chi connectivity index (χ4n) is 6.40. The number of fused-ring (bicyclic) bond motifs is 1. The Morgan fingerprint density at radius 1 is 1.10 bits per heavy atom. The van der Waals surface area contributed by atoms with Crippen LogP contribution in [-0.2, 0) is 22.6 Å². The largest absolute Gasteiger partial charge is 0.478 e. The van der Waals surface area contributed by atoms with Crippen molar-refractivity contribution in [1.29, 1.82) is 0 Å². The van der Waals surface area contributed by atoms with Crippen LogP contribution in [0.4, 0.5) is 0 Å². The smallest absolute Gasteiger partial charge is 0.328 e. The van der Waals surface area contributed by atoms with Gasteiger partial charge in [-0.25, -0.2) is 9.59 Å². The Morgan fingerprint density at radius 3 is 2.26 bits per heavy atom. The summed E-state index contributed by atoms with van der Waals surface area (Å²) < 4.78 is 8.06. The van der Waals surface area contributed by atoms with Gasteiger partial charge in [0.15, 0.2) is 0 Å². The maximum absolute atomic E-state index is 9.55. The summed E-state index contributed by atoms with van der Waals surface area (Å²) in [5, 5.41) is 24.1. The molecule has 170 valence electrons. The molecular formula is C23H33N3O5. The van der Waals surface area contributed by atoms with E-state index in [0.29, 0.717) is 17.7 Å². The van der Waals surface area contributed by atoms with E-state index in [1.807, 2.05) is 0 Å². The van der Waals surface area contributed by atoms with Crippen molar-refractivity contribution in [3.63, 3.8) is 0 Å². The van der Waals surface area contributed by atoms with Gasteiger partial charge in [0.05, 0.1) is 0 Å². The van der Waals surface area contributed by atoms with E-state index in [4.69, 9.17) is 14.9 Å². The van der Waals surface area contributed by atoms with Gasteiger partial charge in [-0.1, -0.05) is 0 Å². The van der Waals surface area contributed by atoms with E-state index >= 15 is 0 Å². The molecule has 31 heavy (non-hydrogen) atoms. The third kappa shape index (κ3) is 5.67. The van der Waals surface area contributed by atoms with Gasteiger partial charge in [0.2, 0.25) is 5.88 Å². The molecule has 4 aliphatic carbocycles. The van der Waals surface area contributed by atoms with Crippen LogP contribution >= 0.6 is 0 Å². The van der Waals surface area contributed by atoms with E-state index in [0.717, 1.165) is 49.8 Å². The van der Waals surface area contributed by atoms with Gasteiger partial charge in [0, 0.05) is 42.5 Å². The maximum atomic E-state index is 9.55. The van der Waals surface area contributed by atoms with Crippen molar-refractivity contribution in [3.8, 4) is 5.88 Å². The third-order valence-electron chi connectivity index (χ3n) is 7.15. The zero-order valence-electron chi connectivity index (χ0n) is 18.0. The fraction of sp³-hybridized carbons (Fsp3) is 0.696. The summed E-state index contributed by atoms with van der Waals surface area (Å²) >= 11 is 0. The Bertz CT molecular complexity index is 756. The monoisotopic (exact) mass is 431 g/mol. The minimum Gasteiger partial charge on any atom is -0.478 e. The highest BCUT2D eigenvalue weighted by molar-refractivity contribution is 5.89. The zero-order chi connectivity index (χ0) is 21.8. The average Bonchev–Trinajstić information content (AvgIpc) is 3.12. The summed E-state index contributed by atoms with van der Waals surface area (Å²) in [6, 6.07) is 2.14. The fourth-order valence-corrected chi connectivity index (χ4v) is 6.40. The number of ether oxygens (including phenoxy) is 1. The molecule has 0 aromatic carbocycles. The quantitative estimate of drug-likeness (QED) is 0.449. The number of carboxylic acids is 2. The van der Waals surface area contributed by atoms with E-state index in [1.54, 1.807) is 0 Å². The average molecular weight is 432 g/mol. The first-order chi connectivity index (χ1) is 14.9. The number of aliphatic carboxylic acids is 2. The Hall–Kier alpha value is -2.35. The summed E-state index contributed by atoms with van der Waals surface area (Å²) in [5.41, 5.74) is 1.80. The van der Waals surface area contributed by atoms with Crippen LogP contribution in [0.2, 0.25) is 0 Å². The number of hydrogen-bond acceptors (Lipinski definition) is 5. The maximum Gasteiger partial charge on any atom is 0.328 e. The molecule has 6 rings (SSSR count). The summed E-state index contributed by atoms with van der Waals surface area (Å²) in [6.07, 6.45) is 13.6. The van der Waals surface area contributed by atoms with Crippen LogP contribution in [0, 0.1) is 17.8 Å². The Labute approximate surface area is 182 Å².